The molecule has 17 heavy (non-hydrogen) atoms. The van der Waals surface area contributed by atoms with E-state index in [1.54, 1.807) is 16.2 Å². The highest BCUT2D eigenvalue weighted by Crippen LogP contribution is 2.25. The molecule has 1 aromatic heterocycles. The standard InChI is InChI=1S/C12H15NO3S/c1-7-5-10(8(2)17-7)11(14)13-4-3-9(6-13)12(15)16/h5,9H,3-4,6H2,1-2H3,(H,15,16)/t9-/m1/s1. The van der Waals surface area contributed by atoms with Gasteiger partial charge in [-0.25, -0.2) is 0 Å². The van der Waals surface area contributed by atoms with E-state index in [4.69, 9.17) is 5.11 Å². The largest absolute Gasteiger partial charge is 0.481 e. The highest BCUT2D eigenvalue weighted by atomic mass is 32.1. The molecule has 2 heterocycles. The van der Waals surface area contributed by atoms with E-state index in [1.807, 2.05) is 19.9 Å². The van der Waals surface area contributed by atoms with Crippen molar-refractivity contribution >= 4 is 23.2 Å². The molecule has 1 aromatic rings. The Balaban J connectivity index is 2.12. The average molecular weight is 253 g/mol. The number of carboxylic acids is 1. The maximum absolute atomic E-state index is 12.2. The Hall–Kier alpha value is -1.36. The molecule has 1 N–H and O–H groups in total. The quantitative estimate of drug-likeness (QED) is 0.876. The number of likely N-dealkylation sites (tertiary alicyclic amines) is 1. The minimum atomic E-state index is -0.807. The fourth-order valence-electron chi connectivity index (χ4n) is 2.16. The number of carbonyl (C=O) groups excluding carboxylic acids is 1. The van der Waals surface area contributed by atoms with Crippen LogP contribution in [0.3, 0.4) is 0 Å². The van der Waals surface area contributed by atoms with Gasteiger partial charge in [0.05, 0.1) is 11.5 Å². The molecular weight excluding hydrogens is 238 g/mol. The van der Waals surface area contributed by atoms with Crippen molar-refractivity contribution in [1.82, 2.24) is 4.90 Å². The van der Waals surface area contributed by atoms with E-state index >= 15 is 0 Å². The molecule has 0 aliphatic carbocycles. The first kappa shape index (κ1) is 12.1. The third-order valence-corrected chi connectivity index (χ3v) is 4.06. The van der Waals surface area contributed by atoms with Crippen LogP contribution in [-0.4, -0.2) is 35.0 Å². The van der Waals surface area contributed by atoms with Gasteiger partial charge in [0, 0.05) is 22.8 Å². The van der Waals surface area contributed by atoms with E-state index in [-0.39, 0.29) is 5.91 Å². The zero-order valence-electron chi connectivity index (χ0n) is 9.90. The summed E-state index contributed by atoms with van der Waals surface area (Å²) < 4.78 is 0. The lowest BCUT2D eigenvalue weighted by Gasteiger charge is -2.15. The zero-order valence-corrected chi connectivity index (χ0v) is 10.7. The molecule has 4 nitrogen and oxygen atoms in total. The normalized spacial score (nSPS) is 19.6. The number of amides is 1. The van der Waals surface area contributed by atoms with E-state index in [0.29, 0.717) is 19.5 Å². The van der Waals surface area contributed by atoms with Crippen LogP contribution in [0, 0.1) is 19.8 Å². The number of rotatable bonds is 2. The Bertz CT molecular complexity index is 466. The van der Waals surface area contributed by atoms with Gasteiger partial charge in [0.1, 0.15) is 0 Å². The lowest BCUT2D eigenvalue weighted by molar-refractivity contribution is -0.141. The van der Waals surface area contributed by atoms with Crippen LogP contribution in [0.4, 0.5) is 0 Å². The number of aryl methyl sites for hydroxylation is 2. The van der Waals surface area contributed by atoms with E-state index in [2.05, 4.69) is 0 Å². The van der Waals surface area contributed by atoms with Gasteiger partial charge in [-0.05, 0) is 26.3 Å². The molecule has 92 valence electrons. The molecule has 1 fully saturated rings. The monoisotopic (exact) mass is 253 g/mol. The first-order valence-corrected chi connectivity index (χ1v) is 6.40. The molecule has 5 heteroatoms. The smallest absolute Gasteiger partial charge is 0.308 e. The Kier molecular flexibility index (Phi) is 3.19. The van der Waals surface area contributed by atoms with Crippen LogP contribution >= 0.6 is 11.3 Å². The van der Waals surface area contributed by atoms with Crippen molar-refractivity contribution in [3.8, 4) is 0 Å². The van der Waals surface area contributed by atoms with Crippen molar-refractivity contribution in [3.63, 3.8) is 0 Å². The molecule has 0 bridgehead atoms. The summed E-state index contributed by atoms with van der Waals surface area (Å²) in [6, 6.07) is 1.89. The van der Waals surface area contributed by atoms with Crippen molar-refractivity contribution < 1.29 is 14.7 Å². The van der Waals surface area contributed by atoms with Gasteiger partial charge in [0.2, 0.25) is 0 Å². The molecule has 0 aromatic carbocycles. The summed E-state index contributed by atoms with van der Waals surface area (Å²) in [5.41, 5.74) is 0.721. The van der Waals surface area contributed by atoms with E-state index in [0.717, 1.165) is 15.3 Å². The zero-order chi connectivity index (χ0) is 12.6. The fourth-order valence-corrected chi connectivity index (χ4v) is 3.08. The third kappa shape index (κ3) is 2.34. The van der Waals surface area contributed by atoms with Crippen LogP contribution in [-0.2, 0) is 4.79 Å². The number of carbonyl (C=O) groups is 2. The van der Waals surface area contributed by atoms with Gasteiger partial charge in [0.25, 0.3) is 5.91 Å². The summed E-state index contributed by atoms with van der Waals surface area (Å²) in [7, 11) is 0. The van der Waals surface area contributed by atoms with Crippen molar-refractivity contribution in [2.45, 2.75) is 20.3 Å². The molecular formula is C12H15NO3S. The highest BCUT2D eigenvalue weighted by Gasteiger charge is 2.32. The van der Waals surface area contributed by atoms with Crippen LogP contribution in [0.15, 0.2) is 6.07 Å². The average Bonchev–Trinajstić information content (AvgIpc) is 2.84. The van der Waals surface area contributed by atoms with Crippen molar-refractivity contribution in [3.05, 3.63) is 21.4 Å². The summed E-state index contributed by atoms with van der Waals surface area (Å²) in [5.74, 6) is -1.24. The molecule has 1 aliphatic rings. The Morgan fingerprint density at radius 1 is 1.47 bits per heavy atom. The Morgan fingerprint density at radius 3 is 2.65 bits per heavy atom. The van der Waals surface area contributed by atoms with E-state index in [1.165, 1.54) is 0 Å². The molecule has 1 saturated heterocycles. The number of carboxylic acid groups (broad SMARTS) is 1. The fraction of sp³-hybridized carbons (Fsp3) is 0.500. The van der Waals surface area contributed by atoms with Crippen LogP contribution in [0.2, 0.25) is 0 Å². The minimum absolute atomic E-state index is 0.0319. The summed E-state index contributed by atoms with van der Waals surface area (Å²) in [4.78, 5) is 26.8. The molecule has 0 saturated carbocycles. The lowest BCUT2D eigenvalue weighted by Crippen LogP contribution is -2.30. The van der Waals surface area contributed by atoms with Gasteiger partial charge >= 0.3 is 5.97 Å². The van der Waals surface area contributed by atoms with Crippen molar-refractivity contribution in [2.75, 3.05) is 13.1 Å². The van der Waals surface area contributed by atoms with Crippen LogP contribution in [0.5, 0.6) is 0 Å². The van der Waals surface area contributed by atoms with Gasteiger partial charge in [-0.3, -0.25) is 9.59 Å². The van der Waals surface area contributed by atoms with Gasteiger partial charge < -0.3 is 10.0 Å². The minimum Gasteiger partial charge on any atom is -0.481 e. The van der Waals surface area contributed by atoms with Crippen LogP contribution in [0.25, 0.3) is 0 Å². The van der Waals surface area contributed by atoms with Crippen LogP contribution in [0.1, 0.15) is 26.5 Å². The summed E-state index contributed by atoms with van der Waals surface area (Å²) in [6.45, 7) is 4.78. The van der Waals surface area contributed by atoms with Gasteiger partial charge in [0.15, 0.2) is 0 Å². The predicted molar refractivity (Wildman–Crippen MR) is 65.4 cm³/mol. The third-order valence-electron chi connectivity index (χ3n) is 3.10. The second kappa shape index (κ2) is 4.49. The maximum atomic E-state index is 12.2. The summed E-state index contributed by atoms with van der Waals surface area (Å²) >= 11 is 1.60. The highest BCUT2D eigenvalue weighted by molar-refractivity contribution is 7.12. The maximum Gasteiger partial charge on any atom is 0.308 e. The Labute approximate surface area is 104 Å². The SMILES string of the molecule is Cc1cc(C(=O)N2CC[C@@H](C(=O)O)C2)c(C)s1. The second-order valence-corrected chi connectivity index (χ2v) is 5.86. The Morgan fingerprint density at radius 2 is 2.18 bits per heavy atom. The topological polar surface area (TPSA) is 57.6 Å². The number of hydrogen-bond acceptors (Lipinski definition) is 3. The van der Waals surface area contributed by atoms with Gasteiger partial charge in [-0.1, -0.05) is 0 Å². The van der Waals surface area contributed by atoms with Crippen molar-refractivity contribution in [1.29, 1.82) is 0 Å². The first-order valence-electron chi connectivity index (χ1n) is 5.58. The van der Waals surface area contributed by atoms with Gasteiger partial charge in [-0.15, -0.1) is 11.3 Å². The summed E-state index contributed by atoms with van der Waals surface area (Å²) in [6.07, 6.45) is 0.559. The molecule has 0 radical (unpaired) electrons. The number of nitrogens with zero attached hydrogens (tertiary/aromatic N) is 1. The molecule has 0 unspecified atom stereocenters. The molecule has 2 rings (SSSR count). The number of aliphatic carboxylic acids is 1. The molecule has 1 amide bonds. The number of thiophene rings is 1. The van der Waals surface area contributed by atoms with Crippen molar-refractivity contribution in [2.24, 2.45) is 5.92 Å². The molecule has 1 atom stereocenters. The second-order valence-electron chi connectivity index (χ2n) is 4.40. The predicted octanol–water partition coefficient (Wildman–Crippen LogP) is 1.91. The van der Waals surface area contributed by atoms with E-state index in [9.17, 15) is 9.59 Å². The number of hydrogen-bond donors (Lipinski definition) is 1. The molecule has 1 aliphatic heterocycles. The van der Waals surface area contributed by atoms with E-state index < -0.39 is 11.9 Å². The van der Waals surface area contributed by atoms with Crippen LogP contribution < -0.4 is 0 Å². The lowest BCUT2D eigenvalue weighted by atomic mass is 10.1. The summed E-state index contributed by atoms with van der Waals surface area (Å²) in [5, 5.41) is 8.91. The van der Waals surface area contributed by atoms with Gasteiger partial charge in [-0.2, -0.15) is 0 Å². The first-order chi connectivity index (χ1) is 7.99. The molecule has 0 spiro atoms.